The van der Waals surface area contributed by atoms with Crippen molar-refractivity contribution in [2.75, 3.05) is 0 Å². The Kier molecular flexibility index (Phi) is 2.96. The SMILES string of the molecule is Cc1cc(C)cc(-c2ncnc3cc(Cl)ccc23)c1. The Morgan fingerprint density at radius 1 is 0.895 bits per heavy atom. The summed E-state index contributed by atoms with van der Waals surface area (Å²) in [5.74, 6) is 0. The predicted molar refractivity (Wildman–Crippen MR) is 79.5 cm³/mol. The Hall–Kier alpha value is -1.93. The fourth-order valence-electron chi connectivity index (χ4n) is 2.37. The lowest BCUT2D eigenvalue weighted by Gasteiger charge is -2.07. The van der Waals surface area contributed by atoms with E-state index < -0.39 is 0 Å². The maximum absolute atomic E-state index is 6.01. The van der Waals surface area contributed by atoms with E-state index in [0.29, 0.717) is 5.02 Å². The molecule has 0 aliphatic carbocycles. The monoisotopic (exact) mass is 268 g/mol. The quantitative estimate of drug-likeness (QED) is 0.646. The second-order valence-electron chi connectivity index (χ2n) is 4.76. The Balaban J connectivity index is 2.30. The highest BCUT2D eigenvalue weighted by atomic mass is 35.5. The van der Waals surface area contributed by atoms with Gasteiger partial charge in [-0.25, -0.2) is 9.97 Å². The lowest BCUT2D eigenvalue weighted by atomic mass is 10.0. The van der Waals surface area contributed by atoms with Gasteiger partial charge in [0.2, 0.25) is 0 Å². The van der Waals surface area contributed by atoms with E-state index in [1.807, 2.05) is 18.2 Å². The van der Waals surface area contributed by atoms with Crippen LogP contribution in [-0.2, 0) is 0 Å². The van der Waals surface area contributed by atoms with Crippen LogP contribution in [0.25, 0.3) is 22.2 Å². The third-order valence-electron chi connectivity index (χ3n) is 3.09. The summed E-state index contributed by atoms with van der Waals surface area (Å²) in [6, 6.07) is 12.2. The van der Waals surface area contributed by atoms with Crippen LogP contribution in [0.2, 0.25) is 5.02 Å². The Morgan fingerprint density at radius 2 is 1.63 bits per heavy atom. The number of fused-ring (bicyclic) bond motifs is 1. The largest absolute Gasteiger partial charge is 0.236 e. The predicted octanol–water partition coefficient (Wildman–Crippen LogP) is 4.57. The molecule has 0 spiro atoms. The van der Waals surface area contributed by atoms with Gasteiger partial charge in [0.15, 0.2) is 0 Å². The fourth-order valence-corrected chi connectivity index (χ4v) is 2.54. The minimum absolute atomic E-state index is 0.692. The maximum Gasteiger partial charge on any atom is 0.116 e. The summed E-state index contributed by atoms with van der Waals surface area (Å²) in [6.45, 7) is 4.19. The van der Waals surface area contributed by atoms with E-state index in [1.165, 1.54) is 11.1 Å². The van der Waals surface area contributed by atoms with Crippen LogP contribution in [0.5, 0.6) is 0 Å². The zero-order valence-electron chi connectivity index (χ0n) is 10.8. The van der Waals surface area contributed by atoms with Gasteiger partial charge in [-0.1, -0.05) is 28.8 Å². The molecule has 0 amide bonds. The van der Waals surface area contributed by atoms with Crippen LogP contribution in [0.1, 0.15) is 11.1 Å². The average Bonchev–Trinajstić information content (AvgIpc) is 2.36. The fraction of sp³-hybridized carbons (Fsp3) is 0.125. The van der Waals surface area contributed by atoms with Crippen molar-refractivity contribution in [1.82, 2.24) is 9.97 Å². The third kappa shape index (κ3) is 2.32. The lowest BCUT2D eigenvalue weighted by molar-refractivity contribution is 1.22. The standard InChI is InChI=1S/C16H13ClN2/c1-10-5-11(2)7-12(6-10)16-14-4-3-13(17)8-15(14)18-9-19-16/h3-9H,1-2H3. The first kappa shape index (κ1) is 12.1. The van der Waals surface area contributed by atoms with Gasteiger partial charge in [0.25, 0.3) is 0 Å². The van der Waals surface area contributed by atoms with Crippen molar-refractivity contribution in [3.05, 3.63) is 58.9 Å². The summed E-state index contributed by atoms with van der Waals surface area (Å²) in [4.78, 5) is 8.71. The topological polar surface area (TPSA) is 25.8 Å². The summed E-state index contributed by atoms with van der Waals surface area (Å²) in [5.41, 5.74) is 5.41. The molecule has 0 saturated carbocycles. The Morgan fingerprint density at radius 3 is 2.37 bits per heavy atom. The van der Waals surface area contributed by atoms with Crippen LogP contribution in [-0.4, -0.2) is 9.97 Å². The third-order valence-corrected chi connectivity index (χ3v) is 3.33. The van der Waals surface area contributed by atoms with Crippen LogP contribution >= 0.6 is 11.6 Å². The zero-order chi connectivity index (χ0) is 13.4. The Labute approximate surface area is 117 Å². The first-order valence-electron chi connectivity index (χ1n) is 6.12. The van der Waals surface area contributed by atoms with Gasteiger partial charge in [0.1, 0.15) is 6.33 Å². The van der Waals surface area contributed by atoms with Crippen molar-refractivity contribution in [2.45, 2.75) is 13.8 Å². The van der Waals surface area contributed by atoms with Crippen LogP contribution in [0, 0.1) is 13.8 Å². The molecule has 2 aromatic carbocycles. The van der Waals surface area contributed by atoms with E-state index in [4.69, 9.17) is 11.6 Å². The summed E-state index contributed by atoms with van der Waals surface area (Å²) in [5, 5.41) is 1.72. The molecule has 0 fully saturated rings. The van der Waals surface area contributed by atoms with Crippen molar-refractivity contribution in [1.29, 1.82) is 0 Å². The Bertz CT molecular complexity index is 746. The molecule has 1 aromatic heterocycles. The molecule has 0 aliphatic rings. The number of hydrogen-bond donors (Lipinski definition) is 0. The molecular weight excluding hydrogens is 256 g/mol. The summed E-state index contributed by atoms with van der Waals surface area (Å²) in [7, 11) is 0. The minimum atomic E-state index is 0.692. The van der Waals surface area contributed by atoms with Gasteiger partial charge in [-0.3, -0.25) is 0 Å². The molecule has 94 valence electrons. The summed E-state index contributed by atoms with van der Waals surface area (Å²) in [6.07, 6.45) is 1.59. The number of benzene rings is 2. The second-order valence-corrected chi connectivity index (χ2v) is 5.20. The van der Waals surface area contributed by atoms with Gasteiger partial charge in [-0.2, -0.15) is 0 Å². The van der Waals surface area contributed by atoms with Crippen molar-refractivity contribution in [2.24, 2.45) is 0 Å². The van der Waals surface area contributed by atoms with Crippen LogP contribution in [0.15, 0.2) is 42.7 Å². The molecular formula is C16H13ClN2. The molecule has 3 rings (SSSR count). The van der Waals surface area contributed by atoms with E-state index in [-0.39, 0.29) is 0 Å². The molecule has 1 heterocycles. The van der Waals surface area contributed by atoms with Crippen molar-refractivity contribution >= 4 is 22.5 Å². The van der Waals surface area contributed by atoms with Crippen LogP contribution < -0.4 is 0 Å². The summed E-state index contributed by atoms with van der Waals surface area (Å²) < 4.78 is 0. The molecule has 19 heavy (non-hydrogen) atoms. The first-order valence-corrected chi connectivity index (χ1v) is 6.50. The van der Waals surface area contributed by atoms with Crippen molar-refractivity contribution < 1.29 is 0 Å². The molecule has 2 nitrogen and oxygen atoms in total. The maximum atomic E-state index is 6.01. The zero-order valence-corrected chi connectivity index (χ0v) is 11.6. The molecule has 0 radical (unpaired) electrons. The number of aromatic nitrogens is 2. The molecule has 0 unspecified atom stereocenters. The first-order chi connectivity index (χ1) is 9.13. The van der Waals surface area contributed by atoms with E-state index in [0.717, 1.165) is 22.2 Å². The van der Waals surface area contributed by atoms with Gasteiger partial charge in [0, 0.05) is 16.0 Å². The van der Waals surface area contributed by atoms with Gasteiger partial charge in [0.05, 0.1) is 11.2 Å². The van der Waals surface area contributed by atoms with E-state index >= 15 is 0 Å². The highest BCUT2D eigenvalue weighted by molar-refractivity contribution is 6.31. The number of nitrogens with zero attached hydrogens (tertiary/aromatic N) is 2. The van der Waals surface area contributed by atoms with Crippen LogP contribution in [0.3, 0.4) is 0 Å². The molecule has 0 atom stereocenters. The second kappa shape index (κ2) is 4.63. The number of halogens is 1. The van der Waals surface area contributed by atoms with Crippen molar-refractivity contribution in [3.63, 3.8) is 0 Å². The lowest BCUT2D eigenvalue weighted by Crippen LogP contribution is -1.90. The van der Waals surface area contributed by atoms with Gasteiger partial charge >= 0.3 is 0 Å². The number of aryl methyl sites for hydroxylation is 2. The van der Waals surface area contributed by atoms with E-state index in [2.05, 4.69) is 42.0 Å². The summed E-state index contributed by atoms with van der Waals surface area (Å²) >= 11 is 6.01. The molecule has 0 N–H and O–H groups in total. The smallest absolute Gasteiger partial charge is 0.116 e. The highest BCUT2D eigenvalue weighted by Gasteiger charge is 2.07. The molecule has 0 aliphatic heterocycles. The number of rotatable bonds is 1. The molecule has 3 aromatic rings. The molecule has 0 bridgehead atoms. The number of hydrogen-bond acceptors (Lipinski definition) is 2. The van der Waals surface area contributed by atoms with Crippen molar-refractivity contribution in [3.8, 4) is 11.3 Å². The van der Waals surface area contributed by atoms with Gasteiger partial charge in [-0.15, -0.1) is 0 Å². The van der Waals surface area contributed by atoms with Crippen LogP contribution in [0.4, 0.5) is 0 Å². The normalized spacial score (nSPS) is 10.9. The molecule has 3 heteroatoms. The van der Waals surface area contributed by atoms with Gasteiger partial charge in [-0.05, 0) is 44.2 Å². The molecule has 0 saturated heterocycles. The van der Waals surface area contributed by atoms with Gasteiger partial charge < -0.3 is 0 Å². The van der Waals surface area contributed by atoms with E-state index in [1.54, 1.807) is 6.33 Å². The average molecular weight is 269 g/mol. The highest BCUT2D eigenvalue weighted by Crippen LogP contribution is 2.28. The minimum Gasteiger partial charge on any atom is -0.236 e. The van der Waals surface area contributed by atoms with E-state index in [9.17, 15) is 0 Å².